The lowest BCUT2D eigenvalue weighted by Crippen LogP contribution is -2.48. The molecule has 0 radical (unpaired) electrons. The van der Waals surface area contributed by atoms with Gasteiger partial charge in [-0.1, -0.05) is 18.2 Å². The van der Waals surface area contributed by atoms with Gasteiger partial charge in [0.15, 0.2) is 5.96 Å². The highest BCUT2D eigenvalue weighted by molar-refractivity contribution is 5.81. The molecule has 1 saturated carbocycles. The molecule has 2 atom stereocenters. The van der Waals surface area contributed by atoms with Crippen LogP contribution in [0.4, 0.5) is 13.2 Å². The number of benzene rings is 1. The van der Waals surface area contributed by atoms with E-state index in [0.717, 1.165) is 6.42 Å². The molecule has 0 spiro atoms. The average Bonchev–Trinajstić information content (AvgIpc) is 3.14. The number of hydrogen-bond acceptors (Lipinski definition) is 2. The van der Waals surface area contributed by atoms with Gasteiger partial charge in [-0.05, 0) is 38.8 Å². The molecule has 0 amide bonds. The molecule has 2 unspecified atom stereocenters. The summed E-state index contributed by atoms with van der Waals surface area (Å²) in [7, 11) is 1.67. The summed E-state index contributed by atoms with van der Waals surface area (Å²) in [5.41, 5.74) is 0.414. The molecule has 0 saturated heterocycles. The number of nitrogens with one attached hydrogen (secondary N) is 2. The fourth-order valence-corrected chi connectivity index (χ4v) is 2.39. The number of nitrogens with zero attached hydrogens (tertiary/aromatic N) is 1. The van der Waals surface area contributed by atoms with Crippen LogP contribution in [0, 0.1) is 0 Å². The third kappa shape index (κ3) is 5.33. The summed E-state index contributed by atoms with van der Waals surface area (Å²) in [6.45, 7) is 6.03. The van der Waals surface area contributed by atoms with E-state index in [1.807, 2.05) is 20.8 Å². The zero-order valence-corrected chi connectivity index (χ0v) is 13.7. The number of aliphatic imine (C=N–C) groups is 1. The van der Waals surface area contributed by atoms with Crippen LogP contribution in [0.3, 0.4) is 0 Å². The van der Waals surface area contributed by atoms with Crippen LogP contribution in [0.25, 0.3) is 0 Å². The molecule has 2 N–H and O–H groups in total. The molecular weight excluding hydrogens is 307 g/mol. The van der Waals surface area contributed by atoms with E-state index in [9.17, 15) is 13.2 Å². The topological polar surface area (TPSA) is 45.7 Å². The van der Waals surface area contributed by atoms with E-state index >= 15 is 0 Å². The summed E-state index contributed by atoms with van der Waals surface area (Å²) in [4.78, 5) is 4.15. The van der Waals surface area contributed by atoms with Gasteiger partial charge in [0.1, 0.15) is 5.75 Å². The SMILES string of the molecule is CN=C(NC1CC1c1ccccc1OC(F)(F)F)NC(C)(C)C. The van der Waals surface area contributed by atoms with Crippen LogP contribution in [-0.2, 0) is 0 Å². The number of hydrogen-bond donors (Lipinski definition) is 2. The maximum Gasteiger partial charge on any atom is 0.573 e. The maximum absolute atomic E-state index is 12.5. The highest BCUT2D eigenvalue weighted by Crippen LogP contribution is 2.45. The summed E-state index contributed by atoms with van der Waals surface area (Å²) in [5.74, 6) is 0.486. The van der Waals surface area contributed by atoms with E-state index in [2.05, 4.69) is 20.4 Å². The highest BCUT2D eigenvalue weighted by atomic mass is 19.4. The minimum atomic E-state index is -4.68. The molecule has 1 aromatic rings. The van der Waals surface area contributed by atoms with Gasteiger partial charge in [0.2, 0.25) is 0 Å². The largest absolute Gasteiger partial charge is 0.573 e. The predicted molar refractivity (Wildman–Crippen MR) is 83.7 cm³/mol. The summed E-state index contributed by atoms with van der Waals surface area (Å²) in [6.07, 6.45) is -3.94. The lowest BCUT2D eigenvalue weighted by Gasteiger charge is -2.24. The number of para-hydroxylation sites is 1. The standard InChI is InChI=1S/C16H22F3N3O/c1-15(2,3)22-14(20-4)21-12-9-11(12)10-7-5-6-8-13(10)23-16(17,18)19/h5-8,11-12H,9H2,1-4H3,(H2,20,21,22). The van der Waals surface area contributed by atoms with Crippen molar-refractivity contribution in [1.29, 1.82) is 0 Å². The van der Waals surface area contributed by atoms with Crippen molar-refractivity contribution in [2.75, 3.05) is 7.05 Å². The monoisotopic (exact) mass is 329 g/mol. The highest BCUT2D eigenvalue weighted by Gasteiger charge is 2.42. The number of halogens is 3. The lowest BCUT2D eigenvalue weighted by atomic mass is 10.1. The van der Waals surface area contributed by atoms with Gasteiger partial charge < -0.3 is 15.4 Å². The first-order valence-electron chi connectivity index (χ1n) is 7.45. The van der Waals surface area contributed by atoms with Crippen LogP contribution < -0.4 is 15.4 Å². The first-order chi connectivity index (χ1) is 10.6. The van der Waals surface area contributed by atoms with Crippen molar-refractivity contribution in [3.63, 3.8) is 0 Å². The molecule has 0 aliphatic heterocycles. The summed E-state index contributed by atoms with van der Waals surface area (Å²) < 4.78 is 41.6. The fraction of sp³-hybridized carbons (Fsp3) is 0.562. The van der Waals surface area contributed by atoms with E-state index in [1.54, 1.807) is 19.2 Å². The minimum Gasteiger partial charge on any atom is -0.405 e. The van der Waals surface area contributed by atoms with Crippen molar-refractivity contribution in [3.8, 4) is 5.75 Å². The first kappa shape index (κ1) is 17.4. The van der Waals surface area contributed by atoms with Crippen molar-refractivity contribution in [2.24, 2.45) is 4.99 Å². The lowest BCUT2D eigenvalue weighted by molar-refractivity contribution is -0.274. The van der Waals surface area contributed by atoms with Crippen LogP contribution >= 0.6 is 0 Å². The van der Waals surface area contributed by atoms with E-state index in [0.29, 0.717) is 11.5 Å². The van der Waals surface area contributed by atoms with Gasteiger partial charge in [0.05, 0.1) is 0 Å². The molecular formula is C16H22F3N3O. The average molecular weight is 329 g/mol. The van der Waals surface area contributed by atoms with Gasteiger partial charge in [-0.15, -0.1) is 13.2 Å². The molecule has 0 bridgehead atoms. The minimum absolute atomic E-state index is 0.0212. The Labute approximate surface area is 134 Å². The quantitative estimate of drug-likeness (QED) is 0.660. The number of alkyl halides is 3. The molecule has 2 rings (SSSR count). The van der Waals surface area contributed by atoms with Gasteiger partial charge in [-0.2, -0.15) is 0 Å². The molecule has 1 aliphatic rings. The van der Waals surface area contributed by atoms with Crippen LogP contribution in [-0.4, -0.2) is 31.0 Å². The molecule has 0 aromatic heterocycles. The molecule has 4 nitrogen and oxygen atoms in total. The number of ether oxygens (including phenoxy) is 1. The van der Waals surface area contributed by atoms with E-state index < -0.39 is 6.36 Å². The van der Waals surface area contributed by atoms with Crippen molar-refractivity contribution < 1.29 is 17.9 Å². The molecule has 0 heterocycles. The van der Waals surface area contributed by atoms with Crippen molar-refractivity contribution in [2.45, 2.75) is 51.1 Å². The third-order valence-electron chi connectivity index (χ3n) is 3.37. The van der Waals surface area contributed by atoms with Gasteiger partial charge in [-0.3, -0.25) is 4.99 Å². The molecule has 1 fully saturated rings. The second-order valence-corrected chi connectivity index (χ2v) is 6.63. The van der Waals surface area contributed by atoms with E-state index in [1.165, 1.54) is 12.1 Å². The third-order valence-corrected chi connectivity index (χ3v) is 3.37. The van der Waals surface area contributed by atoms with Crippen molar-refractivity contribution >= 4 is 5.96 Å². The Kier molecular flexibility index (Phi) is 4.77. The Morgan fingerprint density at radius 1 is 1.22 bits per heavy atom. The normalized spacial score (nSPS) is 21.8. The summed E-state index contributed by atoms with van der Waals surface area (Å²) >= 11 is 0. The zero-order valence-electron chi connectivity index (χ0n) is 13.7. The molecule has 1 aliphatic carbocycles. The summed E-state index contributed by atoms with van der Waals surface area (Å²) in [6, 6.07) is 6.32. The van der Waals surface area contributed by atoms with Crippen molar-refractivity contribution in [3.05, 3.63) is 29.8 Å². The van der Waals surface area contributed by atoms with Gasteiger partial charge in [-0.25, -0.2) is 0 Å². The Morgan fingerprint density at radius 3 is 2.43 bits per heavy atom. The Bertz CT molecular complexity index is 579. The summed E-state index contributed by atoms with van der Waals surface area (Å²) in [5, 5.41) is 6.47. The number of guanidine groups is 1. The van der Waals surface area contributed by atoms with Gasteiger partial charge >= 0.3 is 6.36 Å². The predicted octanol–water partition coefficient (Wildman–Crippen LogP) is 3.40. The number of rotatable bonds is 3. The van der Waals surface area contributed by atoms with Gasteiger partial charge in [0, 0.05) is 24.5 Å². The maximum atomic E-state index is 12.5. The Hall–Kier alpha value is -1.92. The smallest absolute Gasteiger partial charge is 0.405 e. The first-order valence-corrected chi connectivity index (χ1v) is 7.45. The van der Waals surface area contributed by atoms with Crippen molar-refractivity contribution in [1.82, 2.24) is 10.6 Å². The zero-order chi connectivity index (χ0) is 17.3. The molecule has 1 aromatic carbocycles. The molecule has 23 heavy (non-hydrogen) atoms. The second-order valence-electron chi connectivity index (χ2n) is 6.63. The van der Waals surface area contributed by atoms with Gasteiger partial charge in [0.25, 0.3) is 0 Å². The van der Waals surface area contributed by atoms with Crippen LogP contribution in [0.1, 0.15) is 38.7 Å². The molecule has 128 valence electrons. The fourth-order valence-electron chi connectivity index (χ4n) is 2.39. The Morgan fingerprint density at radius 2 is 1.87 bits per heavy atom. The van der Waals surface area contributed by atoms with E-state index in [4.69, 9.17) is 0 Å². The Balaban J connectivity index is 2.04. The van der Waals surface area contributed by atoms with Crippen LogP contribution in [0.5, 0.6) is 5.75 Å². The van der Waals surface area contributed by atoms with Crippen LogP contribution in [0.15, 0.2) is 29.3 Å². The van der Waals surface area contributed by atoms with E-state index in [-0.39, 0.29) is 23.2 Å². The molecule has 7 heteroatoms. The second kappa shape index (κ2) is 6.29. The van der Waals surface area contributed by atoms with Crippen LogP contribution in [0.2, 0.25) is 0 Å².